The van der Waals surface area contributed by atoms with E-state index in [1.807, 2.05) is 12.1 Å². The second kappa shape index (κ2) is 17.0. The molecule has 0 aliphatic rings. The van der Waals surface area contributed by atoms with Gasteiger partial charge in [0.25, 0.3) is 0 Å². The maximum Gasteiger partial charge on any atom is 0.0400 e. The van der Waals surface area contributed by atoms with E-state index in [4.69, 9.17) is 0 Å². The molecule has 3 nitrogen and oxygen atoms in total. The number of hydrogen-bond donors (Lipinski definition) is 3. The molecule has 0 aromatic heterocycles. The minimum Gasteiger partial charge on any atom is -0.383 e. The molecule has 0 unspecified atom stereocenters. The van der Waals surface area contributed by atoms with Gasteiger partial charge in [-0.25, -0.2) is 0 Å². The summed E-state index contributed by atoms with van der Waals surface area (Å²) >= 11 is 0. The smallest absolute Gasteiger partial charge is 0.0400 e. The minimum absolute atomic E-state index is 0. The number of anilines is 2. The van der Waals surface area contributed by atoms with Crippen LogP contribution in [0.25, 0.3) is 0 Å². The summed E-state index contributed by atoms with van der Waals surface area (Å²) in [5.41, 5.74) is 13.0. The zero-order valence-electron chi connectivity index (χ0n) is 24.5. The summed E-state index contributed by atoms with van der Waals surface area (Å²) in [5, 5.41) is 10.6. The van der Waals surface area contributed by atoms with Crippen LogP contribution in [0.5, 0.6) is 0 Å². The molecule has 4 aromatic carbocycles. The van der Waals surface area contributed by atoms with E-state index in [0.29, 0.717) is 0 Å². The molecule has 0 saturated carbocycles. The van der Waals surface area contributed by atoms with Gasteiger partial charge >= 0.3 is 0 Å². The number of benzene rings is 4. The quantitative estimate of drug-likeness (QED) is 0.128. The summed E-state index contributed by atoms with van der Waals surface area (Å²) in [6.45, 7) is 16.8. The molecular formula is C35H44N3Zr-. The Labute approximate surface area is 256 Å². The molecule has 4 heteroatoms. The van der Waals surface area contributed by atoms with E-state index < -0.39 is 0 Å². The number of nitrogens with one attached hydrogen (secondary N) is 3. The minimum atomic E-state index is 0. The molecule has 4 aromatic rings. The summed E-state index contributed by atoms with van der Waals surface area (Å²) in [4.78, 5) is 0. The van der Waals surface area contributed by atoms with Crippen molar-refractivity contribution in [1.82, 2.24) is 5.32 Å². The average Bonchev–Trinajstić information content (AvgIpc) is 2.87. The van der Waals surface area contributed by atoms with E-state index in [0.717, 1.165) is 26.2 Å². The fraction of sp³-hybridized carbons (Fsp3) is 0.286. The third-order valence-electron chi connectivity index (χ3n) is 6.49. The van der Waals surface area contributed by atoms with Crippen LogP contribution in [0.1, 0.15) is 44.5 Å². The zero-order chi connectivity index (χ0) is 27.3. The topological polar surface area (TPSA) is 36.1 Å². The predicted molar refractivity (Wildman–Crippen MR) is 167 cm³/mol. The summed E-state index contributed by atoms with van der Waals surface area (Å²) in [7, 11) is 0. The van der Waals surface area contributed by atoms with E-state index >= 15 is 0 Å². The first kappa shape index (κ1) is 32.4. The first-order valence-electron chi connectivity index (χ1n) is 13.6. The Morgan fingerprint density at radius 1 is 0.487 bits per heavy atom. The number of rotatable bonds is 10. The standard InChI is InChI=1S/C22H33N3.C13H11.Zr/c1-15-11-17(3)21(18(4)12-15)24-9-7-23-8-10-25-22-19(5)13-16(2)14-20(22)6;1-3-7-12(8-4-1)11-13-9-5-2-6-10-13;/h11-14,23-25H,7-10H2,1-6H3;1-11H;/q;-1;. The van der Waals surface area contributed by atoms with Gasteiger partial charge in [-0.1, -0.05) is 71.8 Å². The monoisotopic (exact) mass is 596 g/mol. The second-order valence-electron chi connectivity index (χ2n) is 10.1. The normalized spacial score (nSPS) is 10.1. The van der Waals surface area contributed by atoms with Crippen LogP contribution < -0.4 is 16.0 Å². The van der Waals surface area contributed by atoms with Crippen LogP contribution in [0.15, 0.2) is 84.9 Å². The molecule has 0 aliphatic carbocycles. The second-order valence-corrected chi connectivity index (χ2v) is 10.1. The van der Waals surface area contributed by atoms with Crippen LogP contribution in [0, 0.1) is 48.0 Å². The molecule has 0 atom stereocenters. The molecule has 0 saturated heterocycles. The van der Waals surface area contributed by atoms with Crippen molar-refractivity contribution in [3.8, 4) is 0 Å². The van der Waals surface area contributed by atoms with Gasteiger partial charge in [0.15, 0.2) is 0 Å². The summed E-state index contributed by atoms with van der Waals surface area (Å²) in [6.07, 6.45) is 2.17. The molecule has 3 N–H and O–H groups in total. The van der Waals surface area contributed by atoms with Crippen molar-refractivity contribution in [2.75, 3.05) is 36.8 Å². The molecule has 0 amide bonds. The molecule has 0 aliphatic heterocycles. The Kier molecular flexibility index (Phi) is 14.1. The molecule has 0 radical (unpaired) electrons. The molecule has 0 bridgehead atoms. The number of hydrogen-bond acceptors (Lipinski definition) is 3. The van der Waals surface area contributed by atoms with Gasteiger partial charge in [0.05, 0.1) is 0 Å². The van der Waals surface area contributed by atoms with Gasteiger partial charge in [-0.05, 0) is 63.8 Å². The first-order valence-corrected chi connectivity index (χ1v) is 13.6. The van der Waals surface area contributed by atoms with Crippen molar-refractivity contribution in [3.05, 3.63) is 136 Å². The first-order chi connectivity index (χ1) is 18.3. The van der Waals surface area contributed by atoms with Gasteiger partial charge in [0, 0.05) is 63.8 Å². The van der Waals surface area contributed by atoms with E-state index in [-0.39, 0.29) is 26.2 Å². The van der Waals surface area contributed by atoms with Crippen molar-refractivity contribution in [2.24, 2.45) is 0 Å². The number of aryl methyl sites for hydroxylation is 6. The predicted octanol–water partition coefficient (Wildman–Crippen LogP) is 7.94. The van der Waals surface area contributed by atoms with Crippen molar-refractivity contribution < 1.29 is 26.2 Å². The molecule has 0 fully saturated rings. The van der Waals surface area contributed by atoms with Gasteiger partial charge in [-0.3, -0.25) is 0 Å². The van der Waals surface area contributed by atoms with Gasteiger partial charge in [-0.15, -0.1) is 41.8 Å². The van der Waals surface area contributed by atoms with Gasteiger partial charge < -0.3 is 16.0 Å². The summed E-state index contributed by atoms with van der Waals surface area (Å²) in [5.74, 6) is 0. The van der Waals surface area contributed by atoms with E-state index in [2.05, 4.69) is 137 Å². The van der Waals surface area contributed by atoms with Gasteiger partial charge in [0.2, 0.25) is 0 Å². The Hall–Kier alpha value is -2.81. The Morgan fingerprint density at radius 3 is 1.15 bits per heavy atom. The van der Waals surface area contributed by atoms with Crippen molar-refractivity contribution in [3.63, 3.8) is 0 Å². The molecule has 39 heavy (non-hydrogen) atoms. The maximum atomic E-state index is 3.56. The van der Waals surface area contributed by atoms with Crippen LogP contribution in [-0.2, 0) is 26.2 Å². The third kappa shape index (κ3) is 11.1. The van der Waals surface area contributed by atoms with E-state index in [9.17, 15) is 0 Å². The van der Waals surface area contributed by atoms with Crippen LogP contribution in [-0.4, -0.2) is 26.2 Å². The van der Waals surface area contributed by atoms with E-state index in [1.54, 1.807) is 0 Å². The average molecular weight is 598 g/mol. The van der Waals surface area contributed by atoms with E-state index in [1.165, 1.54) is 55.9 Å². The Balaban J connectivity index is 0.000000319. The van der Waals surface area contributed by atoms with Crippen molar-refractivity contribution in [1.29, 1.82) is 0 Å². The Bertz CT molecular complexity index is 1120. The van der Waals surface area contributed by atoms with Crippen LogP contribution in [0.3, 0.4) is 0 Å². The molecule has 0 heterocycles. The van der Waals surface area contributed by atoms with Crippen LogP contribution in [0.4, 0.5) is 11.4 Å². The molecule has 0 spiro atoms. The van der Waals surface area contributed by atoms with Gasteiger partial charge in [0.1, 0.15) is 0 Å². The fourth-order valence-electron chi connectivity index (χ4n) is 4.89. The zero-order valence-corrected chi connectivity index (χ0v) is 26.9. The largest absolute Gasteiger partial charge is 0.383 e. The van der Waals surface area contributed by atoms with Crippen molar-refractivity contribution >= 4 is 11.4 Å². The third-order valence-corrected chi connectivity index (χ3v) is 6.49. The van der Waals surface area contributed by atoms with Crippen LogP contribution >= 0.6 is 0 Å². The molecule has 204 valence electrons. The molecular weight excluding hydrogens is 554 g/mol. The SMILES string of the molecule is Cc1cc(C)c(NCCNCCNc2c(C)cc(C)cc2C)c(C)c1.[Zr].c1ccc([CH-]c2ccccc2)cc1. The maximum absolute atomic E-state index is 3.56. The molecule has 4 rings (SSSR count). The Morgan fingerprint density at radius 2 is 0.821 bits per heavy atom. The van der Waals surface area contributed by atoms with Crippen molar-refractivity contribution in [2.45, 2.75) is 41.5 Å². The summed E-state index contributed by atoms with van der Waals surface area (Å²) < 4.78 is 0. The van der Waals surface area contributed by atoms with Crippen LogP contribution in [0.2, 0.25) is 0 Å². The van der Waals surface area contributed by atoms with Gasteiger partial charge in [-0.2, -0.15) is 0 Å². The summed E-state index contributed by atoms with van der Waals surface area (Å²) in [6, 6.07) is 29.6. The fourth-order valence-corrected chi connectivity index (χ4v) is 4.89.